The van der Waals surface area contributed by atoms with E-state index in [1.54, 1.807) is 13.0 Å². The summed E-state index contributed by atoms with van der Waals surface area (Å²) in [6.07, 6.45) is 9.81. The van der Waals surface area contributed by atoms with Gasteiger partial charge in [-0.2, -0.15) is 0 Å². The van der Waals surface area contributed by atoms with Crippen LogP contribution in [0.4, 0.5) is 0 Å². The third-order valence-corrected chi connectivity index (χ3v) is 3.39. The van der Waals surface area contributed by atoms with Crippen LogP contribution in [-0.4, -0.2) is 24.6 Å². The summed E-state index contributed by atoms with van der Waals surface area (Å²) in [6, 6.07) is 0. The average molecular weight is 282 g/mol. The van der Waals surface area contributed by atoms with Gasteiger partial charge in [-0.3, -0.25) is 4.79 Å². The molecule has 0 fully saturated rings. The van der Waals surface area contributed by atoms with Crippen molar-refractivity contribution in [3.05, 3.63) is 11.6 Å². The molecule has 0 aromatic rings. The molecule has 1 atom stereocenters. The molecule has 0 radical (unpaired) electrons. The molecular formula is C16H26O4. The van der Waals surface area contributed by atoms with Crippen LogP contribution in [0.3, 0.4) is 0 Å². The second kappa shape index (κ2) is 9.56. The van der Waals surface area contributed by atoms with Crippen LogP contribution in [0.5, 0.6) is 0 Å². The summed E-state index contributed by atoms with van der Waals surface area (Å²) >= 11 is 0. The lowest BCUT2D eigenvalue weighted by atomic mass is 10.1. The van der Waals surface area contributed by atoms with Gasteiger partial charge in [0.1, 0.15) is 6.10 Å². The topological polar surface area (TPSA) is 52.6 Å². The van der Waals surface area contributed by atoms with Gasteiger partial charge in [0.05, 0.1) is 13.0 Å². The third kappa shape index (κ3) is 6.22. The molecule has 1 aliphatic rings. The van der Waals surface area contributed by atoms with Gasteiger partial charge in [0, 0.05) is 5.57 Å². The third-order valence-electron chi connectivity index (χ3n) is 3.39. The molecule has 1 unspecified atom stereocenters. The Kier molecular flexibility index (Phi) is 8.00. The summed E-state index contributed by atoms with van der Waals surface area (Å²) in [5.41, 5.74) is 0.444. The quantitative estimate of drug-likeness (QED) is 0.454. The second-order valence-corrected chi connectivity index (χ2v) is 5.17. The molecule has 4 heteroatoms. The Balaban J connectivity index is 2.23. The number of cyclic esters (lactones) is 1. The first-order valence-corrected chi connectivity index (χ1v) is 7.74. The van der Waals surface area contributed by atoms with Gasteiger partial charge in [0.25, 0.3) is 0 Å². The summed E-state index contributed by atoms with van der Waals surface area (Å²) in [5, 5.41) is 0. The minimum absolute atomic E-state index is 0.0275. The molecule has 0 aromatic carbocycles. The zero-order valence-corrected chi connectivity index (χ0v) is 12.7. The maximum atomic E-state index is 11.6. The highest BCUT2D eigenvalue weighted by molar-refractivity contribution is 5.95. The lowest BCUT2D eigenvalue weighted by molar-refractivity contribution is -0.145. The smallest absolute Gasteiger partial charge is 0.335 e. The van der Waals surface area contributed by atoms with Gasteiger partial charge in [-0.1, -0.05) is 39.0 Å². The molecule has 0 amide bonds. The number of rotatable bonds is 10. The average Bonchev–Trinajstić information content (AvgIpc) is 2.74. The maximum Gasteiger partial charge on any atom is 0.335 e. The van der Waals surface area contributed by atoms with E-state index in [4.69, 9.17) is 9.47 Å². The Morgan fingerprint density at radius 1 is 1.20 bits per heavy atom. The van der Waals surface area contributed by atoms with Gasteiger partial charge < -0.3 is 9.47 Å². The SMILES string of the molecule is CCCCCCCCC1C=C(CC(=O)OCC)C(=O)O1. The van der Waals surface area contributed by atoms with E-state index in [1.165, 1.54) is 32.1 Å². The van der Waals surface area contributed by atoms with Crippen LogP contribution in [0.15, 0.2) is 11.6 Å². The number of carbonyl (C=O) groups excluding carboxylic acids is 2. The summed E-state index contributed by atoms with van der Waals surface area (Å²) in [4.78, 5) is 22.9. The summed E-state index contributed by atoms with van der Waals surface area (Å²) in [7, 11) is 0. The lowest BCUT2D eigenvalue weighted by Gasteiger charge is -2.07. The summed E-state index contributed by atoms with van der Waals surface area (Å²) in [5.74, 6) is -0.732. The van der Waals surface area contributed by atoms with E-state index in [0.29, 0.717) is 12.2 Å². The molecule has 0 saturated heterocycles. The number of hydrogen-bond acceptors (Lipinski definition) is 4. The standard InChI is InChI=1S/C16H26O4/c1-3-5-6-7-8-9-10-14-11-13(16(18)20-14)12-15(17)19-4-2/h11,14H,3-10,12H2,1-2H3. The van der Waals surface area contributed by atoms with Crippen LogP contribution in [0.2, 0.25) is 0 Å². The predicted octanol–water partition coefficient (Wildman–Crippen LogP) is 3.54. The fourth-order valence-corrected chi connectivity index (χ4v) is 2.31. The van der Waals surface area contributed by atoms with Crippen LogP contribution >= 0.6 is 0 Å². The zero-order valence-electron chi connectivity index (χ0n) is 12.7. The molecule has 1 heterocycles. The van der Waals surface area contributed by atoms with Crippen LogP contribution in [-0.2, 0) is 19.1 Å². The van der Waals surface area contributed by atoms with Crippen LogP contribution in [0, 0.1) is 0 Å². The molecule has 0 spiro atoms. The van der Waals surface area contributed by atoms with Crippen LogP contribution in [0.25, 0.3) is 0 Å². The number of ether oxygens (including phenoxy) is 2. The van der Waals surface area contributed by atoms with Crippen molar-refractivity contribution in [3.8, 4) is 0 Å². The molecule has 1 rings (SSSR count). The molecule has 4 nitrogen and oxygen atoms in total. The van der Waals surface area contributed by atoms with E-state index in [0.717, 1.165) is 12.8 Å². The van der Waals surface area contributed by atoms with Crippen molar-refractivity contribution in [3.63, 3.8) is 0 Å². The summed E-state index contributed by atoms with van der Waals surface area (Å²) in [6.45, 7) is 4.29. The van der Waals surface area contributed by atoms with Crippen molar-refractivity contribution in [1.82, 2.24) is 0 Å². The first kappa shape index (κ1) is 16.7. The molecule has 0 bridgehead atoms. The number of esters is 2. The zero-order chi connectivity index (χ0) is 14.8. The van der Waals surface area contributed by atoms with Crippen molar-refractivity contribution in [2.24, 2.45) is 0 Å². The predicted molar refractivity (Wildman–Crippen MR) is 77.2 cm³/mol. The highest BCUT2D eigenvalue weighted by Gasteiger charge is 2.26. The number of unbranched alkanes of at least 4 members (excludes halogenated alkanes) is 5. The fourth-order valence-electron chi connectivity index (χ4n) is 2.31. The Bertz CT molecular complexity index is 346. The number of hydrogen-bond donors (Lipinski definition) is 0. The lowest BCUT2D eigenvalue weighted by Crippen LogP contribution is -2.10. The largest absolute Gasteiger partial charge is 0.466 e. The second-order valence-electron chi connectivity index (χ2n) is 5.17. The Morgan fingerprint density at radius 2 is 1.90 bits per heavy atom. The van der Waals surface area contributed by atoms with E-state index >= 15 is 0 Å². The Hall–Kier alpha value is -1.32. The maximum absolute atomic E-state index is 11.6. The molecule has 114 valence electrons. The van der Waals surface area contributed by atoms with Crippen molar-refractivity contribution >= 4 is 11.9 Å². The van der Waals surface area contributed by atoms with Gasteiger partial charge in [-0.25, -0.2) is 4.79 Å². The number of carbonyl (C=O) groups is 2. The van der Waals surface area contributed by atoms with Gasteiger partial charge in [-0.15, -0.1) is 0 Å². The first-order valence-electron chi connectivity index (χ1n) is 7.74. The molecule has 0 aromatic heterocycles. The fraction of sp³-hybridized carbons (Fsp3) is 0.750. The molecule has 0 N–H and O–H groups in total. The molecule has 1 aliphatic heterocycles. The molecule has 0 aliphatic carbocycles. The van der Waals surface area contributed by atoms with Crippen molar-refractivity contribution in [2.75, 3.05) is 6.61 Å². The van der Waals surface area contributed by atoms with E-state index in [9.17, 15) is 9.59 Å². The van der Waals surface area contributed by atoms with Crippen molar-refractivity contribution < 1.29 is 19.1 Å². The Labute approximate surface area is 121 Å². The van der Waals surface area contributed by atoms with Gasteiger partial charge in [0.15, 0.2) is 0 Å². The highest BCUT2D eigenvalue weighted by atomic mass is 16.6. The van der Waals surface area contributed by atoms with E-state index in [-0.39, 0.29) is 24.5 Å². The van der Waals surface area contributed by atoms with Gasteiger partial charge >= 0.3 is 11.9 Å². The molecular weight excluding hydrogens is 256 g/mol. The van der Waals surface area contributed by atoms with E-state index in [2.05, 4.69) is 6.92 Å². The minimum Gasteiger partial charge on any atom is -0.466 e. The Morgan fingerprint density at radius 3 is 2.60 bits per heavy atom. The van der Waals surface area contributed by atoms with Crippen LogP contribution < -0.4 is 0 Å². The van der Waals surface area contributed by atoms with Crippen molar-refractivity contribution in [2.45, 2.75) is 71.3 Å². The van der Waals surface area contributed by atoms with Crippen LogP contribution in [0.1, 0.15) is 65.2 Å². The van der Waals surface area contributed by atoms with E-state index in [1.807, 2.05) is 0 Å². The van der Waals surface area contributed by atoms with Gasteiger partial charge in [-0.05, 0) is 25.8 Å². The molecule has 20 heavy (non-hydrogen) atoms. The summed E-state index contributed by atoms with van der Waals surface area (Å²) < 4.78 is 10.1. The van der Waals surface area contributed by atoms with Gasteiger partial charge in [0.2, 0.25) is 0 Å². The first-order chi connectivity index (χ1) is 9.67. The molecule has 0 saturated carbocycles. The van der Waals surface area contributed by atoms with Crippen molar-refractivity contribution in [1.29, 1.82) is 0 Å². The monoisotopic (exact) mass is 282 g/mol. The van der Waals surface area contributed by atoms with E-state index < -0.39 is 0 Å². The normalized spacial score (nSPS) is 17.8. The highest BCUT2D eigenvalue weighted by Crippen LogP contribution is 2.21. The minimum atomic E-state index is -0.367.